The van der Waals surface area contributed by atoms with E-state index in [1.54, 1.807) is 31.2 Å². The number of aryl methyl sites for hydroxylation is 1. The van der Waals surface area contributed by atoms with E-state index < -0.39 is 17.2 Å². The van der Waals surface area contributed by atoms with Crippen molar-refractivity contribution in [3.8, 4) is 11.9 Å². The Balaban J connectivity index is 2.20. The summed E-state index contributed by atoms with van der Waals surface area (Å²) in [6.45, 7) is 3.02. The molecule has 2 amide bonds. The molecule has 2 aliphatic rings. The first kappa shape index (κ1) is 15.0. The largest absolute Gasteiger partial charge is 0.420 e. The number of H-pyrrole nitrogens is 1. The van der Waals surface area contributed by atoms with Gasteiger partial charge < -0.3 is 10.5 Å². The van der Waals surface area contributed by atoms with E-state index in [1.807, 2.05) is 6.07 Å². The number of aromatic nitrogens is 2. The molecule has 1 aromatic carbocycles. The number of nitrogens with zero attached hydrogens (tertiary/aromatic N) is 3. The number of fused-ring (bicyclic) bond motifs is 4. The lowest BCUT2D eigenvalue weighted by atomic mass is 9.69. The van der Waals surface area contributed by atoms with Crippen LogP contribution in [0.4, 0.5) is 5.69 Å². The van der Waals surface area contributed by atoms with Crippen LogP contribution in [-0.2, 0) is 15.0 Å². The Morgan fingerprint density at radius 3 is 2.84 bits per heavy atom. The molecule has 3 heterocycles. The van der Waals surface area contributed by atoms with Crippen LogP contribution in [0.15, 0.2) is 35.7 Å². The number of hydrogen-bond acceptors (Lipinski definition) is 6. The van der Waals surface area contributed by atoms with Crippen LogP contribution < -0.4 is 15.4 Å². The van der Waals surface area contributed by atoms with Crippen molar-refractivity contribution in [2.45, 2.75) is 19.3 Å². The second-order valence-corrected chi connectivity index (χ2v) is 5.91. The van der Waals surface area contributed by atoms with Crippen LogP contribution in [0.3, 0.4) is 0 Å². The fourth-order valence-corrected chi connectivity index (χ4v) is 3.70. The van der Waals surface area contributed by atoms with Crippen molar-refractivity contribution in [3.63, 3.8) is 0 Å². The first-order chi connectivity index (χ1) is 11.9. The van der Waals surface area contributed by atoms with Gasteiger partial charge in [0, 0.05) is 18.2 Å². The molecular weight excluding hydrogens is 322 g/mol. The highest BCUT2D eigenvalue weighted by Gasteiger charge is 2.61. The summed E-state index contributed by atoms with van der Waals surface area (Å²) in [6, 6.07) is 8.85. The summed E-state index contributed by atoms with van der Waals surface area (Å²) in [4.78, 5) is 26.7. The molecule has 1 aromatic heterocycles. The van der Waals surface area contributed by atoms with Crippen LogP contribution in [0.25, 0.3) is 0 Å². The van der Waals surface area contributed by atoms with Crippen molar-refractivity contribution in [3.05, 3.63) is 52.5 Å². The molecule has 0 aliphatic carbocycles. The van der Waals surface area contributed by atoms with Crippen LogP contribution in [0.1, 0.15) is 23.7 Å². The third-order valence-electron chi connectivity index (χ3n) is 4.62. The summed E-state index contributed by atoms with van der Waals surface area (Å²) >= 11 is 0. The summed E-state index contributed by atoms with van der Waals surface area (Å²) in [5.74, 6) is -1.08. The number of imide groups is 1. The lowest BCUT2D eigenvalue weighted by Gasteiger charge is -2.32. The molecule has 2 aliphatic heterocycles. The Hall–Kier alpha value is -3.60. The summed E-state index contributed by atoms with van der Waals surface area (Å²) in [5, 5.41) is 16.6. The average Bonchev–Trinajstić information content (AvgIpc) is 3.05. The van der Waals surface area contributed by atoms with Gasteiger partial charge in [-0.05, 0) is 13.0 Å². The number of aromatic amines is 1. The number of rotatable bonds is 0. The van der Waals surface area contributed by atoms with Crippen molar-refractivity contribution in [1.82, 2.24) is 10.2 Å². The molecule has 1 atom stereocenters. The molecule has 0 fully saturated rings. The van der Waals surface area contributed by atoms with E-state index >= 15 is 0 Å². The highest BCUT2D eigenvalue weighted by molar-refractivity contribution is 6.25. The number of carbonyl (C=O) groups excluding carboxylic acids is 2. The maximum Gasteiger partial charge on any atom is 0.254 e. The smallest absolute Gasteiger partial charge is 0.254 e. The zero-order valence-corrected chi connectivity index (χ0v) is 13.5. The number of carbonyl (C=O) groups is 2. The zero-order valence-electron chi connectivity index (χ0n) is 13.5. The second-order valence-electron chi connectivity index (χ2n) is 5.91. The standard InChI is InChI=1S/C17H13N5O3/c1-8-13-15(21-20-8)25-14(19)11(7-18)17(13)10-5-3-4-6-12(10)22(9(2)23)16(17)24/h3-6H,19H2,1-2H3,(H,20,21). The molecule has 0 saturated heterocycles. The normalized spacial score (nSPS) is 21.0. The van der Waals surface area contributed by atoms with Crippen molar-refractivity contribution < 1.29 is 14.3 Å². The Morgan fingerprint density at radius 1 is 1.44 bits per heavy atom. The average molecular weight is 335 g/mol. The zero-order chi connectivity index (χ0) is 17.9. The molecule has 0 saturated carbocycles. The third kappa shape index (κ3) is 1.57. The van der Waals surface area contributed by atoms with Crippen molar-refractivity contribution in [2.75, 3.05) is 4.90 Å². The van der Waals surface area contributed by atoms with Gasteiger partial charge in [-0.1, -0.05) is 18.2 Å². The Morgan fingerprint density at radius 2 is 2.16 bits per heavy atom. The predicted octanol–water partition coefficient (Wildman–Crippen LogP) is 0.984. The van der Waals surface area contributed by atoms with Crippen LogP contribution in [0.2, 0.25) is 0 Å². The molecular formula is C17H13N5O3. The molecule has 1 spiro atoms. The number of para-hydroxylation sites is 1. The Bertz CT molecular complexity index is 1030. The lowest BCUT2D eigenvalue weighted by molar-refractivity contribution is -0.126. The lowest BCUT2D eigenvalue weighted by Crippen LogP contribution is -2.47. The fraction of sp³-hybridized carbons (Fsp3) is 0.176. The number of nitrogens with two attached hydrogens (primary N) is 1. The maximum absolute atomic E-state index is 13.5. The van der Waals surface area contributed by atoms with Crippen LogP contribution in [-0.4, -0.2) is 22.0 Å². The second kappa shape index (κ2) is 4.70. The summed E-state index contributed by atoms with van der Waals surface area (Å²) in [5.41, 5.74) is 6.22. The van der Waals surface area contributed by atoms with E-state index in [4.69, 9.17) is 10.5 Å². The van der Waals surface area contributed by atoms with Crippen molar-refractivity contribution in [2.24, 2.45) is 5.73 Å². The first-order valence-electron chi connectivity index (χ1n) is 7.52. The summed E-state index contributed by atoms with van der Waals surface area (Å²) in [6.07, 6.45) is 0. The Labute approximate surface area is 142 Å². The predicted molar refractivity (Wildman–Crippen MR) is 86.2 cm³/mol. The third-order valence-corrected chi connectivity index (χ3v) is 4.62. The number of anilines is 1. The number of hydrogen-bond donors (Lipinski definition) is 2. The highest BCUT2D eigenvalue weighted by atomic mass is 16.5. The van der Waals surface area contributed by atoms with Gasteiger partial charge in [0.15, 0.2) is 0 Å². The van der Waals surface area contributed by atoms with Gasteiger partial charge in [0.25, 0.3) is 5.91 Å². The van der Waals surface area contributed by atoms with E-state index in [-0.39, 0.29) is 17.3 Å². The van der Waals surface area contributed by atoms with Crippen LogP contribution >= 0.6 is 0 Å². The minimum atomic E-state index is -1.55. The number of ether oxygens (including phenoxy) is 1. The van der Waals surface area contributed by atoms with Gasteiger partial charge >= 0.3 is 0 Å². The van der Waals surface area contributed by atoms with Crippen molar-refractivity contribution in [1.29, 1.82) is 5.26 Å². The fourth-order valence-electron chi connectivity index (χ4n) is 3.70. The van der Waals surface area contributed by atoms with E-state index in [0.29, 0.717) is 22.5 Å². The number of amides is 2. The molecule has 3 N–H and O–H groups in total. The van der Waals surface area contributed by atoms with E-state index in [0.717, 1.165) is 4.90 Å². The van der Waals surface area contributed by atoms with Crippen LogP contribution in [0, 0.1) is 18.3 Å². The summed E-state index contributed by atoms with van der Waals surface area (Å²) < 4.78 is 5.44. The SMILES string of the molecule is CC(=O)N1C(=O)C2(C(C#N)=C(N)Oc3n[nH]c(C)c32)c2ccccc21. The number of nitriles is 1. The molecule has 124 valence electrons. The molecule has 8 nitrogen and oxygen atoms in total. The van der Waals surface area contributed by atoms with Gasteiger partial charge in [0.1, 0.15) is 17.1 Å². The topological polar surface area (TPSA) is 125 Å². The highest BCUT2D eigenvalue weighted by Crippen LogP contribution is 2.55. The van der Waals surface area contributed by atoms with Gasteiger partial charge in [0.2, 0.25) is 17.7 Å². The maximum atomic E-state index is 13.5. The minimum absolute atomic E-state index is 0.0503. The van der Waals surface area contributed by atoms with Gasteiger partial charge in [0.05, 0.1) is 11.3 Å². The number of nitrogens with one attached hydrogen (secondary N) is 1. The van der Waals surface area contributed by atoms with E-state index in [2.05, 4.69) is 10.2 Å². The minimum Gasteiger partial charge on any atom is -0.420 e. The molecule has 8 heteroatoms. The molecule has 1 unspecified atom stereocenters. The Kier molecular flexibility index (Phi) is 2.81. The summed E-state index contributed by atoms with van der Waals surface area (Å²) in [7, 11) is 0. The monoisotopic (exact) mass is 335 g/mol. The van der Waals surface area contributed by atoms with E-state index in [1.165, 1.54) is 6.92 Å². The molecule has 25 heavy (non-hydrogen) atoms. The molecule has 0 bridgehead atoms. The number of benzene rings is 1. The van der Waals surface area contributed by atoms with Gasteiger partial charge in [-0.15, -0.1) is 5.10 Å². The molecule has 0 radical (unpaired) electrons. The van der Waals surface area contributed by atoms with Crippen molar-refractivity contribution >= 4 is 17.5 Å². The van der Waals surface area contributed by atoms with Gasteiger partial charge in [-0.25, -0.2) is 4.90 Å². The molecule has 2 aromatic rings. The van der Waals surface area contributed by atoms with Crippen LogP contribution in [0.5, 0.6) is 5.88 Å². The molecule has 4 rings (SSSR count). The van der Waals surface area contributed by atoms with E-state index in [9.17, 15) is 14.9 Å². The van der Waals surface area contributed by atoms with Gasteiger partial charge in [-0.2, -0.15) is 5.26 Å². The first-order valence-corrected chi connectivity index (χ1v) is 7.52. The quantitative estimate of drug-likeness (QED) is 0.739. The van der Waals surface area contributed by atoms with Gasteiger partial charge in [-0.3, -0.25) is 14.7 Å².